The lowest BCUT2D eigenvalue weighted by Gasteiger charge is -2.31. The smallest absolute Gasteiger partial charge is 0.407 e. The number of halogens is 1. The van der Waals surface area contributed by atoms with Crippen molar-refractivity contribution in [3.05, 3.63) is 59.5 Å². The number of piperazine rings is 1. The molecule has 2 aromatic carbocycles. The van der Waals surface area contributed by atoms with E-state index in [1.807, 2.05) is 12.1 Å². The molecule has 198 valence electrons. The molecule has 2 fully saturated rings. The number of benzene rings is 2. The van der Waals surface area contributed by atoms with Crippen LogP contribution in [0.2, 0.25) is 0 Å². The highest BCUT2D eigenvalue weighted by molar-refractivity contribution is 7.19. The molecule has 2 amide bonds. The molecule has 38 heavy (non-hydrogen) atoms. The predicted molar refractivity (Wildman–Crippen MR) is 144 cm³/mol. The number of amides is 2. The number of phenolic OH excluding ortho intramolecular Hbond substituents is 1. The molecule has 0 aliphatic carbocycles. The second-order valence-electron chi connectivity index (χ2n) is 9.09. The van der Waals surface area contributed by atoms with E-state index in [0.29, 0.717) is 18.2 Å². The standard InChI is InChI=1S/C26H27FN6O4S/c27-21-14-18(12-19(23(21)34)15-29-33-10-8-32(9-11-33)26(36)37)24(35)30-25-28-16-22(38-25)17-4-3-5-20(13-17)31-6-1-2-7-31/h3-5,12-16,34H,1-2,6-11H2,(H,36,37)(H,28,30,35). The number of aromatic hydroxyl groups is 1. The number of nitrogens with zero attached hydrogens (tertiary/aromatic N) is 5. The molecule has 2 aliphatic heterocycles. The molecule has 0 atom stereocenters. The molecule has 3 aromatic rings. The minimum atomic E-state index is -0.991. The van der Waals surface area contributed by atoms with Gasteiger partial charge in [-0.25, -0.2) is 14.2 Å². The zero-order valence-corrected chi connectivity index (χ0v) is 21.3. The van der Waals surface area contributed by atoms with Crippen molar-refractivity contribution in [2.24, 2.45) is 5.10 Å². The number of phenols is 1. The molecule has 0 bridgehead atoms. The molecular formula is C26H27FN6O4S. The van der Waals surface area contributed by atoms with E-state index in [4.69, 9.17) is 5.11 Å². The van der Waals surface area contributed by atoms with E-state index in [2.05, 4.69) is 32.4 Å². The Bertz CT molecular complexity index is 1370. The Kier molecular flexibility index (Phi) is 7.40. The lowest BCUT2D eigenvalue weighted by Crippen LogP contribution is -2.46. The van der Waals surface area contributed by atoms with Crippen molar-refractivity contribution in [3.8, 4) is 16.2 Å². The van der Waals surface area contributed by atoms with Gasteiger partial charge < -0.3 is 20.0 Å². The fourth-order valence-corrected chi connectivity index (χ4v) is 5.27. The van der Waals surface area contributed by atoms with E-state index in [9.17, 15) is 19.1 Å². The SMILES string of the molecule is O=C(Nc1ncc(-c2cccc(N3CCCC3)c2)s1)c1cc(F)c(O)c(C=NN2CCN(C(=O)O)CC2)c1. The fraction of sp³-hybridized carbons (Fsp3) is 0.308. The maximum absolute atomic E-state index is 14.4. The Hall–Kier alpha value is -4.19. The van der Waals surface area contributed by atoms with Crippen LogP contribution in [-0.4, -0.2) is 82.6 Å². The van der Waals surface area contributed by atoms with Crippen LogP contribution in [-0.2, 0) is 0 Å². The highest BCUT2D eigenvalue weighted by Gasteiger charge is 2.20. The molecule has 3 N–H and O–H groups in total. The van der Waals surface area contributed by atoms with Crippen LogP contribution in [0.3, 0.4) is 0 Å². The van der Waals surface area contributed by atoms with Gasteiger partial charge in [0, 0.05) is 49.2 Å². The number of carboxylic acid groups (broad SMARTS) is 1. The van der Waals surface area contributed by atoms with E-state index in [0.717, 1.165) is 35.3 Å². The van der Waals surface area contributed by atoms with Crippen LogP contribution >= 0.6 is 11.3 Å². The summed E-state index contributed by atoms with van der Waals surface area (Å²) >= 11 is 1.32. The minimum Gasteiger partial charge on any atom is -0.504 e. The van der Waals surface area contributed by atoms with Gasteiger partial charge >= 0.3 is 6.09 Å². The van der Waals surface area contributed by atoms with Crippen LogP contribution in [0.5, 0.6) is 5.75 Å². The second-order valence-corrected chi connectivity index (χ2v) is 10.1. The van der Waals surface area contributed by atoms with E-state index < -0.39 is 23.6 Å². The summed E-state index contributed by atoms with van der Waals surface area (Å²) in [4.78, 5) is 32.8. The largest absolute Gasteiger partial charge is 0.504 e. The Morgan fingerprint density at radius 2 is 1.84 bits per heavy atom. The molecule has 3 heterocycles. The Morgan fingerprint density at radius 3 is 2.58 bits per heavy atom. The Balaban J connectivity index is 1.27. The summed E-state index contributed by atoms with van der Waals surface area (Å²) in [6, 6.07) is 10.5. The third-order valence-electron chi connectivity index (χ3n) is 6.57. The summed E-state index contributed by atoms with van der Waals surface area (Å²) in [6.07, 6.45) is 4.35. The summed E-state index contributed by atoms with van der Waals surface area (Å²) < 4.78 is 14.4. The van der Waals surface area contributed by atoms with Gasteiger partial charge in [0.15, 0.2) is 16.7 Å². The van der Waals surface area contributed by atoms with Crippen molar-refractivity contribution in [2.45, 2.75) is 12.8 Å². The Morgan fingerprint density at radius 1 is 1.08 bits per heavy atom. The van der Waals surface area contributed by atoms with Crippen LogP contribution in [0.1, 0.15) is 28.8 Å². The molecule has 0 spiro atoms. The normalized spacial score (nSPS) is 15.9. The van der Waals surface area contributed by atoms with Gasteiger partial charge in [-0.05, 0) is 42.7 Å². The lowest BCUT2D eigenvalue weighted by molar-refractivity contribution is 0.102. The third kappa shape index (κ3) is 5.70. The quantitative estimate of drug-likeness (QED) is 0.404. The number of carbonyl (C=O) groups excluding carboxylic acids is 1. The summed E-state index contributed by atoms with van der Waals surface area (Å²) in [5, 5.41) is 28.1. The van der Waals surface area contributed by atoms with Crippen LogP contribution in [0, 0.1) is 5.82 Å². The molecular weight excluding hydrogens is 511 g/mol. The molecule has 0 unspecified atom stereocenters. The highest BCUT2D eigenvalue weighted by atomic mass is 32.1. The summed E-state index contributed by atoms with van der Waals surface area (Å²) in [5.74, 6) is -2.14. The van der Waals surface area contributed by atoms with E-state index in [-0.39, 0.29) is 24.2 Å². The first-order valence-corrected chi connectivity index (χ1v) is 13.1. The number of hydrazone groups is 1. The molecule has 10 nitrogen and oxygen atoms in total. The monoisotopic (exact) mass is 538 g/mol. The van der Waals surface area contributed by atoms with Crippen molar-refractivity contribution < 1.29 is 24.2 Å². The van der Waals surface area contributed by atoms with Gasteiger partial charge in [-0.2, -0.15) is 5.10 Å². The Labute approximate surface area is 222 Å². The number of anilines is 2. The average molecular weight is 539 g/mol. The molecule has 12 heteroatoms. The highest BCUT2D eigenvalue weighted by Crippen LogP contribution is 2.32. The van der Waals surface area contributed by atoms with Gasteiger partial charge in [0.1, 0.15) is 0 Å². The maximum atomic E-state index is 14.4. The van der Waals surface area contributed by atoms with Crippen LogP contribution in [0.15, 0.2) is 47.7 Å². The molecule has 5 rings (SSSR count). The van der Waals surface area contributed by atoms with Crippen molar-refractivity contribution in [1.29, 1.82) is 0 Å². The van der Waals surface area contributed by atoms with Crippen LogP contribution < -0.4 is 10.2 Å². The van der Waals surface area contributed by atoms with Gasteiger partial charge in [0.05, 0.1) is 24.2 Å². The number of hydrogen-bond acceptors (Lipinski definition) is 8. The van der Waals surface area contributed by atoms with Crippen LogP contribution in [0.25, 0.3) is 10.4 Å². The minimum absolute atomic E-state index is 0.00484. The zero-order valence-electron chi connectivity index (χ0n) is 20.5. The second kappa shape index (κ2) is 11.1. The average Bonchev–Trinajstić information content (AvgIpc) is 3.63. The van der Waals surface area contributed by atoms with E-state index in [1.165, 1.54) is 41.4 Å². The number of rotatable bonds is 6. The van der Waals surface area contributed by atoms with Crippen LogP contribution in [0.4, 0.5) is 20.0 Å². The number of carbonyl (C=O) groups is 2. The first kappa shape index (κ1) is 25.5. The summed E-state index contributed by atoms with van der Waals surface area (Å²) in [7, 11) is 0. The van der Waals surface area contributed by atoms with Crippen molar-refractivity contribution >= 4 is 40.4 Å². The third-order valence-corrected chi connectivity index (χ3v) is 7.53. The molecule has 0 saturated carbocycles. The van der Waals surface area contributed by atoms with Gasteiger partial charge in [0.25, 0.3) is 5.91 Å². The maximum Gasteiger partial charge on any atom is 0.407 e. The van der Waals surface area contributed by atoms with Crippen molar-refractivity contribution in [3.63, 3.8) is 0 Å². The van der Waals surface area contributed by atoms with E-state index in [1.54, 1.807) is 11.2 Å². The van der Waals surface area contributed by atoms with Gasteiger partial charge in [0.2, 0.25) is 0 Å². The number of thiazole rings is 1. The molecule has 0 radical (unpaired) electrons. The summed E-state index contributed by atoms with van der Waals surface area (Å²) in [5.41, 5.74) is 2.21. The lowest BCUT2D eigenvalue weighted by atomic mass is 10.1. The van der Waals surface area contributed by atoms with Crippen molar-refractivity contribution in [2.75, 3.05) is 49.5 Å². The van der Waals surface area contributed by atoms with Crippen molar-refractivity contribution in [1.82, 2.24) is 14.9 Å². The molecule has 2 aliphatic rings. The van der Waals surface area contributed by atoms with Gasteiger partial charge in [-0.3, -0.25) is 15.1 Å². The fourth-order valence-electron chi connectivity index (χ4n) is 4.46. The number of nitrogens with one attached hydrogen (secondary N) is 1. The van der Waals surface area contributed by atoms with Gasteiger partial charge in [-0.15, -0.1) is 0 Å². The van der Waals surface area contributed by atoms with Gasteiger partial charge in [-0.1, -0.05) is 23.5 Å². The molecule has 2 saturated heterocycles. The predicted octanol–water partition coefficient (Wildman–Crippen LogP) is 4.14. The number of hydrogen-bond donors (Lipinski definition) is 3. The first-order chi connectivity index (χ1) is 18.4. The topological polar surface area (TPSA) is 122 Å². The number of aromatic nitrogens is 1. The zero-order chi connectivity index (χ0) is 26.6. The van der Waals surface area contributed by atoms with E-state index >= 15 is 0 Å². The molecule has 1 aromatic heterocycles. The first-order valence-electron chi connectivity index (χ1n) is 12.3. The summed E-state index contributed by atoms with van der Waals surface area (Å²) in [6.45, 7) is 3.39.